The Morgan fingerprint density at radius 3 is 2.64 bits per heavy atom. The highest BCUT2D eigenvalue weighted by Crippen LogP contribution is 2.31. The lowest BCUT2D eigenvalue weighted by molar-refractivity contribution is -0.137. The summed E-state index contributed by atoms with van der Waals surface area (Å²) in [6.45, 7) is 5.21. The third-order valence-electron chi connectivity index (χ3n) is 4.59. The van der Waals surface area contributed by atoms with Crippen molar-refractivity contribution in [3.8, 4) is 0 Å². The first-order valence-electron chi connectivity index (χ1n) is 9.55. The number of anilines is 1. The summed E-state index contributed by atoms with van der Waals surface area (Å²) >= 11 is 0.913. The molecule has 0 bridgehead atoms. The summed E-state index contributed by atoms with van der Waals surface area (Å²) in [5.74, 6) is -1.78. The number of nitrogens with one attached hydrogen (secondary N) is 1. The van der Waals surface area contributed by atoms with Crippen LogP contribution in [-0.2, 0) is 17.5 Å². The summed E-state index contributed by atoms with van der Waals surface area (Å²) in [5, 5.41) is 11.1. The molecule has 1 heterocycles. The Labute approximate surface area is 189 Å². The number of allylic oxidation sites excluding steroid dienone is 1. The molecule has 1 unspecified atom stereocenters. The summed E-state index contributed by atoms with van der Waals surface area (Å²) in [6.07, 6.45) is -3.08. The molecule has 0 fully saturated rings. The van der Waals surface area contributed by atoms with Crippen LogP contribution in [0.5, 0.6) is 0 Å². The van der Waals surface area contributed by atoms with Crippen LogP contribution in [0.2, 0.25) is 0 Å². The number of alkyl halides is 3. The van der Waals surface area contributed by atoms with Crippen LogP contribution >= 0.6 is 11.8 Å². The Kier molecular flexibility index (Phi) is 6.92. The number of fused-ring (bicyclic) bond motifs is 1. The molecule has 2 aromatic carbocycles. The van der Waals surface area contributed by atoms with Crippen molar-refractivity contribution in [3.05, 3.63) is 76.6 Å². The molecule has 1 atom stereocenters. The van der Waals surface area contributed by atoms with Gasteiger partial charge in [0.2, 0.25) is 5.91 Å². The summed E-state index contributed by atoms with van der Waals surface area (Å²) in [5.41, 5.74) is -1.27. The first kappa shape index (κ1) is 24.1. The van der Waals surface area contributed by atoms with E-state index < -0.39 is 34.4 Å². The first-order chi connectivity index (χ1) is 15.5. The zero-order valence-electron chi connectivity index (χ0n) is 17.2. The Morgan fingerprint density at radius 2 is 2.00 bits per heavy atom. The lowest BCUT2D eigenvalue weighted by Gasteiger charge is -2.16. The SMILES string of the molecule is C=CCn1c(SC(C)C(=O)Nc2cccc(C(F)(F)F)c2)nc2cc(C(=O)O)ccc2c1=O. The van der Waals surface area contributed by atoms with Crippen LogP contribution < -0.4 is 10.9 Å². The minimum Gasteiger partial charge on any atom is -0.478 e. The van der Waals surface area contributed by atoms with E-state index in [1.54, 1.807) is 0 Å². The van der Waals surface area contributed by atoms with Gasteiger partial charge in [-0.25, -0.2) is 9.78 Å². The van der Waals surface area contributed by atoms with Crippen LogP contribution in [0.3, 0.4) is 0 Å². The van der Waals surface area contributed by atoms with Crippen LogP contribution in [0, 0.1) is 0 Å². The summed E-state index contributed by atoms with van der Waals surface area (Å²) in [4.78, 5) is 41.1. The molecule has 0 radical (unpaired) electrons. The van der Waals surface area contributed by atoms with Crippen molar-refractivity contribution in [3.63, 3.8) is 0 Å². The molecule has 0 spiro atoms. The summed E-state index contributed by atoms with van der Waals surface area (Å²) in [6, 6.07) is 8.16. The van der Waals surface area contributed by atoms with Gasteiger partial charge in [0.25, 0.3) is 5.56 Å². The number of hydrogen-bond acceptors (Lipinski definition) is 5. The summed E-state index contributed by atoms with van der Waals surface area (Å²) < 4.78 is 40.0. The van der Waals surface area contributed by atoms with Crippen LogP contribution in [0.1, 0.15) is 22.8 Å². The molecule has 172 valence electrons. The Bertz CT molecular complexity index is 1300. The average Bonchev–Trinajstić information content (AvgIpc) is 2.75. The average molecular weight is 477 g/mol. The van der Waals surface area contributed by atoms with Gasteiger partial charge in [0, 0.05) is 12.2 Å². The molecule has 0 aliphatic rings. The highest BCUT2D eigenvalue weighted by atomic mass is 32.2. The number of nitrogens with zero attached hydrogens (tertiary/aromatic N) is 2. The van der Waals surface area contributed by atoms with E-state index >= 15 is 0 Å². The molecule has 2 N–H and O–H groups in total. The standard InChI is InChI=1S/C22H18F3N3O4S/c1-3-9-28-19(30)16-8-7-13(20(31)32)10-17(16)27-21(28)33-12(2)18(29)26-15-6-4-5-14(11-15)22(23,24)25/h3-8,10-12H,1,9H2,2H3,(H,26,29)(H,31,32). The maximum atomic E-state index is 12.9. The Balaban J connectivity index is 1.91. The quantitative estimate of drug-likeness (QED) is 0.297. The van der Waals surface area contributed by atoms with Gasteiger partial charge in [-0.1, -0.05) is 23.9 Å². The molecule has 7 nitrogen and oxygen atoms in total. The highest BCUT2D eigenvalue weighted by Gasteiger charge is 2.30. The van der Waals surface area contributed by atoms with Gasteiger partial charge in [0.15, 0.2) is 5.16 Å². The van der Waals surface area contributed by atoms with Crippen molar-refractivity contribution in [1.29, 1.82) is 0 Å². The number of aromatic nitrogens is 2. The molecule has 3 aromatic rings. The van der Waals surface area contributed by atoms with Crippen molar-refractivity contribution < 1.29 is 27.9 Å². The molecule has 11 heteroatoms. The van der Waals surface area contributed by atoms with E-state index in [1.165, 1.54) is 47.9 Å². The lowest BCUT2D eigenvalue weighted by atomic mass is 10.1. The van der Waals surface area contributed by atoms with E-state index in [4.69, 9.17) is 0 Å². The third-order valence-corrected chi connectivity index (χ3v) is 5.68. The van der Waals surface area contributed by atoms with Crippen LogP contribution in [0.15, 0.2) is 65.1 Å². The van der Waals surface area contributed by atoms with Gasteiger partial charge in [0.1, 0.15) is 0 Å². The molecular formula is C22H18F3N3O4S. The summed E-state index contributed by atoms with van der Waals surface area (Å²) in [7, 11) is 0. The number of thioether (sulfide) groups is 1. The highest BCUT2D eigenvalue weighted by molar-refractivity contribution is 8.00. The smallest absolute Gasteiger partial charge is 0.416 e. The van der Waals surface area contributed by atoms with E-state index in [9.17, 15) is 32.7 Å². The van der Waals surface area contributed by atoms with Crippen LogP contribution in [0.4, 0.5) is 18.9 Å². The largest absolute Gasteiger partial charge is 0.478 e. The van der Waals surface area contributed by atoms with Crippen LogP contribution in [0.25, 0.3) is 10.9 Å². The lowest BCUT2D eigenvalue weighted by Crippen LogP contribution is -2.27. The van der Waals surface area contributed by atoms with Crippen molar-refractivity contribution in [1.82, 2.24) is 9.55 Å². The number of hydrogen-bond donors (Lipinski definition) is 2. The number of carbonyl (C=O) groups is 2. The number of halogens is 3. The molecule has 3 rings (SSSR count). The molecule has 1 aromatic heterocycles. The second kappa shape index (κ2) is 9.49. The fourth-order valence-corrected chi connectivity index (χ4v) is 3.86. The van der Waals surface area contributed by atoms with E-state index in [-0.39, 0.29) is 33.9 Å². The van der Waals surface area contributed by atoms with Crippen molar-refractivity contribution in [2.45, 2.75) is 30.1 Å². The van der Waals surface area contributed by atoms with Crippen molar-refractivity contribution in [2.75, 3.05) is 5.32 Å². The minimum absolute atomic E-state index is 0.0247. The van der Waals surface area contributed by atoms with E-state index in [2.05, 4.69) is 16.9 Å². The Hall–Kier alpha value is -3.60. The number of carbonyl (C=O) groups excluding carboxylic acids is 1. The maximum absolute atomic E-state index is 12.9. The van der Waals surface area contributed by atoms with E-state index in [1.807, 2.05) is 0 Å². The molecule has 1 amide bonds. The molecule has 33 heavy (non-hydrogen) atoms. The van der Waals surface area contributed by atoms with Crippen molar-refractivity contribution in [2.24, 2.45) is 0 Å². The first-order valence-corrected chi connectivity index (χ1v) is 10.4. The third kappa shape index (κ3) is 5.43. The number of benzene rings is 2. The fraction of sp³-hybridized carbons (Fsp3) is 0.182. The van der Waals surface area contributed by atoms with Gasteiger partial charge in [-0.15, -0.1) is 6.58 Å². The van der Waals surface area contributed by atoms with Gasteiger partial charge in [0.05, 0.1) is 27.3 Å². The fourth-order valence-electron chi connectivity index (χ4n) is 2.94. The number of carboxylic acids is 1. The van der Waals surface area contributed by atoms with Gasteiger partial charge in [-0.3, -0.25) is 14.2 Å². The molecular weight excluding hydrogens is 459 g/mol. The zero-order chi connectivity index (χ0) is 24.3. The molecule has 0 saturated heterocycles. The minimum atomic E-state index is -4.55. The molecule has 0 aliphatic heterocycles. The number of aromatic carboxylic acids is 1. The molecule has 0 saturated carbocycles. The second-order valence-corrected chi connectivity index (χ2v) is 8.27. The van der Waals surface area contributed by atoms with Gasteiger partial charge in [-0.05, 0) is 43.3 Å². The number of carboxylic acid groups (broad SMARTS) is 1. The number of amides is 1. The molecule has 0 aliphatic carbocycles. The monoisotopic (exact) mass is 477 g/mol. The van der Waals surface area contributed by atoms with E-state index in [0.717, 1.165) is 23.9 Å². The van der Waals surface area contributed by atoms with Gasteiger partial charge in [-0.2, -0.15) is 13.2 Å². The van der Waals surface area contributed by atoms with Gasteiger partial charge >= 0.3 is 12.1 Å². The second-order valence-electron chi connectivity index (χ2n) is 6.96. The zero-order valence-corrected chi connectivity index (χ0v) is 18.0. The van der Waals surface area contributed by atoms with Crippen LogP contribution in [-0.4, -0.2) is 31.8 Å². The van der Waals surface area contributed by atoms with Gasteiger partial charge < -0.3 is 10.4 Å². The number of rotatable bonds is 7. The normalized spacial score (nSPS) is 12.4. The topological polar surface area (TPSA) is 101 Å². The van der Waals surface area contributed by atoms with E-state index in [0.29, 0.717) is 0 Å². The predicted molar refractivity (Wildman–Crippen MR) is 119 cm³/mol. The predicted octanol–water partition coefficient (Wildman–Crippen LogP) is 4.42. The van der Waals surface area contributed by atoms with Crippen molar-refractivity contribution >= 4 is 40.2 Å². The maximum Gasteiger partial charge on any atom is 0.416 e. The Morgan fingerprint density at radius 1 is 1.27 bits per heavy atom.